The lowest BCUT2D eigenvalue weighted by atomic mass is 10.2. The molecular formula is C13H17FN2O3S. The second-order valence-electron chi connectivity index (χ2n) is 4.15. The summed E-state index contributed by atoms with van der Waals surface area (Å²) < 4.78 is 17.5. The van der Waals surface area contributed by atoms with E-state index in [-0.39, 0.29) is 17.4 Å². The van der Waals surface area contributed by atoms with Crippen LogP contribution in [-0.4, -0.2) is 36.5 Å². The number of benzene rings is 1. The number of carbonyl (C=O) groups is 2. The van der Waals surface area contributed by atoms with Crippen molar-refractivity contribution in [1.29, 1.82) is 0 Å². The number of ether oxygens (including phenoxy) is 1. The van der Waals surface area contributed by atoms with Crippen LogP contribution in [-0.2, 0) is 14.3 Å². The van der Waals surface area contributed by atoms with Gasteiger partial charge >= 0.3 is 5.97 Å². The third-order valence-electron chi connectivity index (χ3n) is 2.51. The van der Waals surface area contributed by atoms with Gasteiger partial charge in [0.15, 0.2) is 0 Å². The molecule has 5 nitrogen and oxygen atoms in total. The number of rotatable bonds is 6. The van der Waals surface area contributed by atoms with Gasteiger partial charge in [0.2, 0.25) is 5.91 Å². The van der Waals surface area contributed by atoms with E-state index in [1.54, 1.807) is 13.0 Å². The van der Waals surface area contributed by atoms with Crippen LogP contribution in [0.25, 0.3) is 0 Å². The van der Waals surface area contributed by atoms with Gasteiger partial charge in [-0.1, -0.05) is 6.07 Å². The number of nitrogens with one attached hydrogen (secondary N) is 1. The Morgan fingerprint density at radius 3 is 2.85 bits per heavy atom. The molecule has 0 aliphatic heterocycles. The molecule has 3 N–H and O–H groups in total. The zero-order valence-corrected chi connectivity index (χ0v) is 12.1. The van der Waals surface area contributed by atoms with Gasteiger partial charge in [-0.05, 0) is 24.6 Å². The summed E-state index contributed by atoms with van der Waals surface area (Å²) >= 11 is 1.21. The molecule has 1 aromatic rings. The third-order valence-corrected chi connectivity index (χ3v) is 3.57. The van der Waals surface area contributed by atoms with Crippen LogP contribution in [0.5, 0.6) is 0 Å². The van der Waals surface area contributed by atoms with Crippen LogP contribution in [0.2, 0.25) is 0 Å². The van der Waals surface area contributed by atoms with Crippen LogP contribution in [0, 0.1) is 12.7 Å². The molecule has 0 heterocycles. The first-order valence-electron chi connectivity index (χ1n) is 5.91. The maximum atomic E-state index is 13.1. The van der Waals surface area contributed by atoms with Gasteiger partial charge in [0.05, 0.1) is 12.9 Å². The van der Waals surface area contributed by atoms with Gasteiger partial charge in [0.1, 0.15) is 11.9 Å². The Morgan fingerprint density at radius 2 is 2.20 bits per heavy atom. The van der Waals surface area contributed by atoms with Crippen molar-refractivity contribution >= 4 is 29.3 Å². The predicted molar refractivity (Wildman–Crippen MR) is 77.1 cm³/mol. The molecule has 0 aliphatic rings. The second kappa shape index (κ2) is 7.86. The van der Waals surface area contributed by atoms with E-state index in [0.717, 1.165) is 5.56 Å². The molecule has 110 valence electrons. The van der Waals surface area contributed by atoms with E-state index in [2.05, 4.69) is 10.1 Å². The summed E-state index contributed by atoms with van der Waals surface area (Å²) in [5.41, 5.74) is 6.75. The number of aryl methyl sites for hydroxylation is 1. The summed E-state index contributed by atoms with van der Waals surface area (Å²) in [6, 6.07) is 3.42. The number of thioether (sulfide) groups is 1. The van der Waals surface area contributed by atoms with Gasteiger partial charge in [0.25, 0.3) is 0 Å². The van der Waals surface area contributed by atoms with E-state index in [1.807, 2.05) is 0 Å². The van der Waals surface area contributed by atoms with Crippen LogP contribution in [0.4, 0.5) is 10.1 Å². The van der Waals surface area contributed by atoms with Gasteiger partial charge < -0.3 is 15.8 Å². The molecule has 1 aromatic carbocycles. The molecule has 1 rings (SSSR count). The molecule has 0 saturated carbocycles. The third kappa shape index (κ3) is 5.18. The average Bonchev–Trinajstić information content (AvgIpc) is 2.41. The van der Waals surface area contributed by atoms with Crippen LogP contribution in [0.15, 0.2) is 18.2 Å². The monoisotopic (exact) mass is 300 g/mol. The molecule has 7 heteroatoms. The van der Waals surface area contributed by atoms with Gasteiger partial charge in [-0.25, -0.2) is 4.39 Å². The van der Waals surface area contributed by atoms with E-state index >= 15 is 0 Å². The summed E-state index contributed by atoms with van der Waals surface area (Å²) in [5, 5.41) is 2.61. The Labute approximate surface area is 121 Å². The van der Waals surface area contributed by atoms with Crippen molar-refractivity contribution in [3.63, 3.8) is 0 Å². The molecular weight excluding hydrogens is 283 g/mol. The highest BCUT2D eigenvalue weighted by Gasteiger charge is 2.14. The van der Waals surface area contributed by atoms with Crippen molar-refractivity contribution in [2.24, 2.45) is 5.73 Å². The van der Waals surface area contributed by atoms with E-state index in [0.29, 0.717) is 5.69 Å². The quantitative estimate of drug-likeness (QED) is 0.774. The van der Waals surface area contributed by atoms with Crippen molar-refractivity contribution < 1.29 is 18.7 Å². The van der Waals surface area contributed by atoms with E-state index < -0.39 is 17.8 Å². The molecule has 0 saturated heterocycles. The van der Waals surface area contributed by atoms with Crippen LogP contribution >= 0.6 is 11.8 Å². The summed E-state index contributed by atoms with van der Waals surface area (Å²) in [7, 11) is 1.26. The minimum Gasteiger partial charge on any atom is -0.468 e. The normalized spacial score (nSPS) is 11.8. The standard InChI is InChI=1S/C13H17FN2O3S/c1-8-3-4-9(14)5-11(8)16-12(17)7-20-6-10(15)13(18)19-2/h3-5,10H,6-7,15H2,1-2H3,(H,16,17). The lowest BCUT2D eigenvalue weighted by molar-refractivity contribution is -0.141. The summed E-state index contributed by atoms with van der Waals surface area (Å²) in [6.45, 7) is 1.77. The van der Waals surface area contributed by atoms with E-state index in [9.17, 15) is 14.0 Å². The SMILES string of the molecule is COC(=O)C(N)CSCC(=O)Nc1cc(F)ccc1C. The minimum absolute atomic E-state index is 0.126. The number of methoxy groups -OCH3 is 1. The van der Waals surface area contributed by atoms with Crippen molar-refractivity contribution in [2.45, 2.75) is 13.0 Å². The number of amides is 1. The Morgan fingerprint density at radius 1 is 1.50 bits per heavy atom. The zero-order chi connectivity index (χ0) is 15.1. The zero-order valence-electron chi connectivity index (χ0n) is 11.3. The largest absolute Gasteiger partial charge is 0.468 e. The summed E-state index contributed by atoms with van der Waals surface area (Å²) in [6.07, 6.45) is 0. The lowest BCUT2D eigenvalue weighted by Gasteiger charge is -2.10. The van der Waals surface area contributed by atoms with E-state index in [1.165, 1.54) is 31.0 Å². The van der Waals surface area contributed by atoms with Crippen molar-refractivity contribution in [3.8, 4) is 0 Å². The maximum absolute atomic E-state index is 13.1. The summed E-state index contributed by atoms with van der Waals surface area (Å²) in [5.74, 6) is -0.797. The van der Waals surface area contributed by atoms with Crippen molar-refractivity contribution in [3.05, 3.63) is 29.6 Å². The Hall–Kier alpha value is -1.60. The smallest absolute Gasteiger partial charge is 0.323 e. The first-order valence-corrected chi connectivity index (χ1v) is 7.06. The van der Waals surface area contributed by atoms with Gasteiger partial charge in [-0.3, -0.25) is 9.59 Å². The lowest BCUT2D eigenvalue weighted by Crippen LogP contribution is -2.34. The molecule has 1 amide bonds. The molecule has 0 radical (unpaired) electrons. The molecule has 0 aromatic heterocycles. The maximum Gasteiger partial charge on any atom is 0.323 e. The molecule has 0 aliphatic carbocycles. The fourth-order valence-electron chi connectivity index (χ4n) is 1.41. The van der Waals surface area contributed by atoms with Crippen LogP contribution in [0.3, 0.4) is 0 Å². The van der Waals surface area contributed by atoms with Crippen molar-refractivity contribution in [2.75, 3.05) is 23.9 Å². The molecule has 0 fully saturated rings. The van der Waals surface area contributed by atoms with Gasteiger partial charge in [0, 0.05) is 11.4 Å². The topological polar surface area (TPSA) is 81.4 Å². The van der Waals surface area contributed by atoms with Gasteiger partial charge in [-0.15, -0.1) is 11.8 Å². The number of carbonyl (C=O) groups excluding carboxylic acids is 2. The fourth-order valence-corrected chi connectivity index (χ4v) is 2.18. The number of nitrogens with two attached hydrogens (primary N) is 1. The number of hydrogen-bond donors (Lipinski definition) is 2. The van der Waals surface area contributed by atoms with Crippen LogP contribution in [0.1, 0.15) is 5.56 Å². The Balaban J connectivity index is 2.41. The summed E-state index contributed by atoms with van der Waals surface area (Å²) in [4.78, 5) is 22.7. The Kier molecular flexibility index (Phi) is 6.47. The van der Waals surface area contributed by atoms with E-state index in [4.69, 9.17) is 5.73 Å². The Bertz CT molecular complexity index is 497. The highest BCUT2D eigenvalue weighted by molar-refractivity contribution is 8.00. The number of hydrogen-bond acceptors (Lipinski definition) is 5. The molecule has 20 heavy (non-hydrogen) atoms. The highest BCUT2D eigenvalue weighted by atomic mass is 32.2. The highest BCUT2D eigenvalue weighted by Crippen LogP contribution is 2.16. The number of anilines is 1. The molecule has 1 atom stereocenters. The first-order chi connectivity index (χ1) is 9.43. The molecule has 0 spiro atoms. The minimum atomic E-state index is -0.756. The average molecular weight is 300 g/mol. The van der Waals surface area contributed by atoms with Crippen LogP contribution < -0.4 is 11.1 Å². The first kappa shape index (κ1) is 16.5. The number of esters is 1. The van der Waals surface area contributed by atoms with Crippen molar-refractivity contribution in [1.82, 2.24) is 0 Å². The number of halogens is 1. The fraction of sp³-hybridized carbons (Fsp3) is 0.385. The van der Waals surface area contributed by atoms with Gasteiger partial charge in [-0.2, -0.15) is 0 Å². The second-order valence-corrected chi connectivity index (χ2v) is 5.18. The predicted octanol–water partition coefficient (Wildman–Crippen LogP) is 1.31. The molecule has 1 unspecified atom stereocenters. The molecule has 0 bridgehead atoms.